The van der Waals surface area contributed by atoms with E-state index in [4.69, 9.17) is 19.5 Å². The normalized spacial score (nSPS) is 22.0. The maximum Gasteiger partial charge on any atom is 0.344 e. The van der Waals surface area contributed by atoms with E-state index in [0.717, 1.165) is 31.2 Å². The standard InChI is InChI=1S/C25H27N3O5/c1-2-32-24(29)25(17-18-13-15-21(16-14-18)28(30)31)23(26-20-11-7-4-8-12-20)33-22(27-25)19-9-5-3-6-10-19/h3,5-6,9-10,13-16,20H,2,4,7-8,11-12,17H2,1H3/t25-/m0/s1. The number of non-ortho nitro benzene ring substituents is 1. The molecule has 1 aliphatic carbocycles. The highest BCUT2D eigenvalue weighted by Gasteiger charge is 2.52. The van der Waals surface area contributed by atoms with Crippen molar-refractivity contribution >= 4 is 23.5 Å². The number of benzene rings is 2. The Hall–Kier alpha value is -3.55. The molecule has 1 fully saturated rings. The van der Waals surface area contributed by atoms with Crippen molar-refractivity contribution < 1.29 is 19.2 Å². The second-order valence-corrected chi connectivity index (χ2v) is 8.29. The number of carbonyl (C=O) groups excluding carboxylic acids is 1. The zero-order valence-corrected chi connectivity index (χ0v) is 18.6. The second kappa shape index (κ2) is 9.94. The summed E-state index contributed by atoms with van der Waals surface area (Å²) in [6.45, 7) is 1.93. The van der Waals surface area contributed by atoms with E-state index in [-0.39, 0.29) is 30.7 Å². The fraction of sp³-hybridized carbons (Fsp3) is 0.400. The van der Waals surface area contributed by atoms with E-state index < -0.39 is 16.4 Å². The Morgan fingerprint density at radius 1 is 1.15 bits per heavy atom. The molecular weight excluding hydrogens is 422 g/mol. The minimum absolute atomic E-state index is 0.0174. The van der Waals surface area contributed by atoms with Crippen molar-refractivity contribution in [2.45, 2.75) is 57.0 Å². The van der Waals surface area contributed by atoms with E-state index in [0.29, 0.717) is 11.5 Å². The molecule has 4 rings (SSSR count). The molecule has 2 aromatic rings. The van der Waals surface area contributed by atoms with Gasteiger partial charge in [0, 0.05) is 24.1 Å². The van der Waals surface area contributed by atoms with E-state index >= 15 is 0 Å². The molecule has 172 valence electrons. The van der Waals surface area contributed by atoms with Crippen molar-refractivity contribution in [3.8, 4) is 0 Å². The van der Waals surface area contributed by atoms with Crippen LogP contribution in [-0.4, -0.2) is 40.9 Å². The van der Waals surface area contributed by atoms with Crippen molar-refractivity contribution in [2.24, 2.45) is 9.98 Å². The number of nitrogens with zero attached hydrogens (tertiary/aromatic N) is 3. The van der Waals surface area contributed by atoms with Gasteiger partial charge in [0.1, 0.15) is 0 Å². The zero-order chi connectivity index (χ0) is 23.3. The molecule has 0 spiro atoms. The second-order valence-electron chi connectivity index (χ2n) is 8.29. The maximum absolute atomic E-state index is 13.4. The Labute approximate surface area is 192 Å². The van der Waals surface area contributed by atoms with Crippen LogP contribution >= 0.6 is 0 Å². The van der Waals surface area contributed by atoms with Crippen LogP contribution in [0.2, 0.25) is 0 Å². The minimum Gasteiger partial charge on any atom is -0.464 e. The van der Waals surface area contributed by atoms with E-state index in [2.05, 4.69) is 0 Å². The average Bonchev–Trinajstić information content (AvgIpc) is 3.20. The lowest BCUT2D eigenvalue weighted by Gasteiger charge is -2.25. The van der Waals surface area contributed by atoms with Crippen molar-refractivity contribution in [1.29, 1.82) is 0 Å². The van der Waals surface area contributed by atoms with E-state index in [1.165, 1.54) is 18.6 Å². The molecule has 8 nitrogen and oxygen atoms in total. The van der Waals surface area contributed by atoms with Crippen LogP contribution in [0.3, 0.4) is 0 Å². The van der Waals surface area contributed by atoms with Gasteiger partial charge in [-0.3, -0.25) is 10.1 Å². The lowest BCUT2D eigenvalue weighted by atomic mass is 9.90. The molecule has 0 radical (unpaired) electrons. The molecule has 1 atom stereocenters. The Morgan fingerprint density at radius 2 is 1.85 bits per heavy atom. The summed E-state index contributed by atoms with van der Waals surface area (Å²) in [5.41, 5.74) is -0.0547. The monoisotopic (exact) mass is 449 g/mol. The Kier molecular flexibility index (Phi) is 6.82. The summed E-state index contributed by atoms with van der Waals surface area (Å²) in [5, 5.41) is 11.1. The number of aliphatic imine (C=N–C) groups is 2. The molecule has 2 aliphatic rings. The topological polar surface area (TPSA) is 103 Å². The van der Waals surface area contributed by atoms with Crippen molar-refractivity contribution in [3.05, 3.63) is 75.8 Å². The van der Waals surface area contributed by atoms with Crippen LogP contribution < -0.4 is 0 Å². The van der Waals surface area contributed by atoms with Gasteiger partial charge in [-0.15, -0.1) is 0 Å². The van der Waals surface area contributed by atoms with Crippen molar-refractivity contribution in [2.75, 3.05) is 6.61 Å². The number of ether oxygens (including phenoxy) is 2. The summed E-state index contributed by atoms with van der Waals surface area (Å²) in [6.07, 6.45) is 5.35. The first kappa shape index (κ1) is 22.6. The zero-order valence-electron chi connectivity index (χ0n) is 18.6. The van der Waals surface area contributed by atoms with E-state index in [9.17, 15) is 14.9 Å². The Balaban J connectivity index is 1.78. The van der Waals surface area contributed by atoms with Crippen LogP contribution in [0.1, 0.15) is 50.2 Å². The number of hydrogen-bond donors (Lipinski definition) is 0. The summed E-state index contributed by atoms with van der Waals surface area (Å²) in [5.74, 6) is 0.0222. The SMILES string of the molecule is CCOC(=O)[C@@]1(Cc2ccc([N+](=O)[O-])cc2)N=C(c2ccccc2)OC1=NC1CCCCC1. The highest BCUT2D eigenvalue weighted by molar-refractivity contribution is 6.19. The molecule has 1 aliphatic heterocycles. The van der Waals surface area contributed by atoms with Gasteiger partial charge in [-0.25, -0.2) is 14.8 Å². The van der Waals surface area contributed by atoms with Crippen molar-refractivity contribution in [3.63, 3.8) is 0 Å². The smallest absolute Gasteiger partial charge is 0.344 e. The third kappa shape index (κ3) is 4.94. The van der Waals surface area contributed by atoms with Crippen LogP contribution in [-0.2, 0) is 20.7 Å². The van der Waals surface area contributed by atoms with Gasteiger partial charge in [0.2, 0.25) is 17.3 Å². The lowest BCUT2D eigenvalue weighted by Crippen LogP contribution is -2.46. The molecule has 8 heteroatoms. The van der Waals surface area contributed by atoms with Gasteiger partial charge in [-0.1, -0.05) is 49.6 Å². The molecule has 0 bridgehead atoms. The number of carbonyl (C=O) groups is 1. The highest BCUT2D eigenvalue weighted by atomic mass is 16.6. The van der Waals surface area contributed by atoms with Crippen LogP contribution in [0.4, 0.5) is 5.69 Å². The Bertz CT molecular complexity index is 1060. The first-order valence-corrected chi connectivity index (χ1v) is 11.3. The molecule has 33 heavy (non-hydrogen) atoms. The molecule has 2 aromatic carbocycles. The number of nitro benzene ring substituents is 1. The summed E-state index contributed by atoms with van der Waals surface area (Å²) >= 11 is 0. The number of rotatable bonds is 7. The van der Waals surface area contributed by atoms with Crippen LogP contribution in [0, 0.1) is 10.1 Å². The minimum atomic E-state index is -1.48. The fourth-order valence-electron chi connectivity index (χ4n) is 4.23. The van der Waals surface area contributed by atoms with Gasteiger partial charge >= 0.3 is 5.97 Å². The van der Waals surface area contributed by atoms with Gasteiger partial charge in [-0.2, -0.15) is 0 Å². The first-order valence-electron chi connectivity index (χ1n) is 11.3. The van der Waals surface area contributed by atoms with Crippen LogP contribution in [0.25, 0.3) is 0 Å². The fourth-order valence-corrected chi connectivity index (χ4v) is 4.23. The first-order chi connectivity index (χ1) is 16.0. The summed E-state index contributed by atoms with van der Waals surface area (Å²) in [7, 11) is 0. The third-order valence-corrected chi connectivity index (χ3v) is 5.96. The number of nitro groups is 1. The number of esters is 1. The largest absolute Gasteiger partial charge is 0.464 e. The average molecular weight is 450 g/mol. The predicted molar refractivity (Wildman–Crippen MR) is 125 cm³/mol. The molecule has 0 N–H and O–H groups in total. The van der Waals surface area contributed by atoms with Gasteiger partial charge in [0.15, 0.2) is 0 Å². The quantitative estimate of drug-likeness (QED) is 0.348. The molecule has 0 aromatic heterocycles. The summed E-state index contributed by atoms with van der Waals surface area (Å²) < 4.78 is 11.6. The molecule has 0 amide bonds. The van der Waals surface area contributed by atoms with Crippen LogP contribution in [0.5, 0.6) is 0 Å². The summed E-state index contributed by atoms with van der Waals surface area (Å²) in [4.78, 5) is 33.6. The van der Waals surface area contributed by atoms with Crippen molar-refractivity contribution in [1.82, 2.24) is 0 Å². The molecule has 1 saturated carbocycles. The van der Waals surface area contributed by atoms with E-state index in [1.807, 2.05) is 30.3 Å². The molecule has 0 saturated heterocycles. The molecule has 1 heterocycles. The molecular formula is C25H27N3O5. The Morgan fingerprint density at radius 3 is 2.48 bits per heavy atom. The number of hydrogen-bond acceptors (Lipinski definition) is 7. The van der Waals surface area contributed by atoms with Gasteiger partial charge in [0.25, 0.3) is 5.69 Å². The van der Waals surface area contributed by atoms with Gasteiger partial charge < -0.3 is 9.47 Å². The highest BCUT2D eigenvalue weighted by Crippen LogP contribution is 2.33. The lowest BCUT2D eigenvalue weighted by molar-refractivity contribution is -0.384. The van der Waals surface area contributed by atoms with E-state index in [1.54, 1.807) is 19.1 Å². The molecule has 0 unspecified atom stereocenters. The predicted octanol–water partition coefficient (Wildman–Crippen LogP) is 4.65. The maximum atomic E-state index is 13.4. The van der Waals surface area contributed by atoms with Gasteiger partial charge in [-0.05, 0) is 37.5 Å². The van der Waals surface area contributed by atoms with Gasteiger partial charge in [0.05, 0.1) is 17.6 Å². The van der Waals surface area contributed by atoms with Crippen LogP contribution in [0.15, 0.2) is 64.6 Å². The third-order valence-electron chi connectivity index (χ3n) is 5.96. The summed E-state index contributed by atoms with van der Waals surface area (Å²) in [6, 6.07) is 15.5.